The number of benzene rings is 3. The molecule has 5 heteroatoms. The zero-order chi connectivity index (χ0) is 19.9. The number of hydrogen-bond acceptors (Lipinski definition) is 5. The van der Waals surface area contributed by atoms with Gasteiger partial charge in [-0.05, 0) is 67.3 Å². The SMILES string of the molecule is Cc1cc(O)c(O)c(-c2c(C)ccc(C=O)c2-c2cc(C)cc(O)c2O)c1. The van der Waals surface area contributed by atoms with Crippen LogP contribution in [0.1, 0.15) is 27.0 Å². The summed E-state index contributed by atoms with van der Waals surface area (Å²) in [7, 11) is 0. The van der Waals surface area contributed by atoms with E-state index >= 15 is 0 Å². The maximum atomic E-state index is 11.7. The van der Waals surface area contributed by atoms with Gasteiger partial charge in [0.25, 0.3) is 0 Å². The lowest BCUT2D eigenvalue weighted by Crippen LogP contribution is -1.97. The molecule has 27 heavy (non-hydrogen) atoms. The average Bonchev–Trinajstić information content (AvgIpc) is 2.61. The van der Waals surface area contributed by atoms with E-state index in [1.807, 2.05) is 0 Å². The molecule has 3 rings (SSSR count). The van der Waals surface area contributed by atoms with Crippen LogP contribution in [0.25, 0.3) is 22.3 Å². The quantitative estimate of drug-likeness (QED) is 0.403. The van der Waals surface area contributed by atoms with Crippen LogP contribution in [0.5, 0.6) is 23.0 Å². The minimum atomic E-state index is -0.355. The molecule has 0 aliphatic carbocycles. The van der Waals surface area contributed by atoms with Crippen molar-refractivity contribution in [1.82, 2.24) is 0 Å². The molecule has 0 aromatic heterocycles. The number of carbonyl (C=O) groups is 1. The first-order valence-electron chi connectivity index (χ1n) is 8.39. The minimum Gasteiger partial charge on any atom is -0.504 e. The molecule has 3 aromatic rings. The summed E-state index contributed by atoms with van der Waals surface area (Å²) in [6.45, 7) is 5.34. The molecule has 0 atom stereocenters. The van der Waals surface area contributed by atoms with Crippen LogP contribution < -0.4 is 0 Å². The Morgan fingerprint density at radius 2 is 1.19 bits per heavy atom. The monoisotopic (exact) mass is 364 g/mol. The molecular weight excluding hydrogens is 344 g/mol. The summed E-state index contributed by atoms with van der Waals surface area (Å²) in [6.07, 6.45) is 0.657. The van der Waals surface area contributed by atoms with E-state index in [-0.39, 0.29) is 34.1 Å². The van der Waals surface area contributed by atoms with Gasteiger partial charge in [0, 0.05) is 22.3 Å². The lowest BCUT2D eigenvalue weighted by molar-refractivity contribution is 0.112. The molecule has 0 spiro atoms. The van der Waals surface area contributed by atoms with E-state index in [1.165, 1.54) is 12.1 Å². The summed E-state index contributed by atoms with van der Waals surface area (Å²) in [4.78, 5) is 11.7. The van der Waals surface area contributed by atoms with Crippen molar-refractivity contribution in [3.8, 4) is 45.3 Å². The number of carbonyl (C=O) groups excluding carboxylic acids is 1. The van der Waals surface area contributed by atoms with Gasteiger partial charge in [0.1, 0.15) is 0 Å². The van der Waals surface area contributed by atoms with Crippen LogP contribution in [0.3, 0.4) is 0 Å². The van der Waals surface area contributed by atoms with Crippen molar-refractivity contribution in [2.75, 3.05) is 0 Å². The summed E-state index contributed by atoms with van der Waals surface area (Å²) in [5.74, 6) is -1.25. The van der Waals surface area contributed by atoms with Crippen molar-refractivity contribution >= 4 is 6.29 Å². The summed E-state index contributed by atoms with van der Waals surface area (Å²) in [5.41, 5.74) is 3.92. The fourth-order valence-corrected chi connectivity index (χ4v) is 3.36. The van der Waals surface area contributed by atoms with E-state index < -0.39 is 0 Å². The van der Waals surface area contributed by atoms with E-state index in [2.05, 4.69) is 0 Å². The molecule has 0 saturated heterocycles. The van der Waals surface area contributed by atoms with Gasteiger partial charge in [-0.2, -0.15) is 0 Å². The number of rotatable bonds is 3. The molecular formula is C22H20O5. The van der Waals surface area contributed by atoms with Gasteiger partial charge < -0.3 is 20.4 Å². The van der Waals surface area contributed by atoms with Crippen molar-refractivity contribution in [3.63, 3.8) is 0 Å². The second-order valence-electron chi connectivity index (χ2n) is 6.70. The normalized spacial score (nSPS) is 10.8. The van der Waals surface area contributed by atoms with Gasteiger partial charge in [0.05, 0.1) is 0 Å². The summed E-state index contributed by atoms with van der Waals surface area (Å²) >= 11 is 0. The molecule has 0 unspecified atom stereocenters. The van der Waals surface area contributed by atoms with Crippen molar-refractivity contribution in [2.45, 2.75) is 20.8 Å². The third-order valence-corrected chi connectivity index (χ3v) is 4.58. The number of aldehydes is 1. The third kappa shape index (κ3) is 3.08. The topological polar surface area (TPSA) is 98.0 Å². The van der Waals surface area contributed by atoms with Crippen molar-refractivity contribution in [2.24, 2.45) is 0 Å². The second-order valence-corrected chi connectivity index (χ2v) is 6.70. The fourth-order valence-electron chi connectivity index (χ4n) is 3.36. The minimum absolute atomic E-state index is 0.272. The first-order valence-corrected chi connectivity index (χ1v) is 8.39. The zero-order valence-corrected chi connectivity index (χ0v) is 15.2. The highest BCUT2D eigenvalue weighted by Crippen LogP contribution is 2.48. The van der Waals surface area contributed by atoms with Crippen molar-refractivity contribution < 1.29 is 25.2 Å². The molecule has 5 nitrogen and oxygen atoms in total. The maximum Gasteiger partial charge on any atom is 0.165 e. The number of phenolic OH excluding ortho intramolecular Hbond substituents is 4. The molecule has 0 aliphatic heterocycles. The van der Waals surface area contributed by atoms with Gasteiger partial charge in [-0.25, -0.2) is 0 Å². The standard InChI is InChI=1S/C22H20O5/c1-11-6-15(21(26)17(24)8-11)19-13(3)4-5-14(10-23)20(19)16-7-12(2)9-18(25)22(16)27/h4-10,24-27H,1-3H3. The number of hydrogen-bond donors (Lipinski definition) is 4. The molecule has 0 aliphatic rings. The van der Waals surface area contributed by atoms with E-state index in [9.17, 15) is 25.2 Å². The zero-order valence-electron chi connectivity index (χ0n) is 15.2. The van der Waals surface area contributed by atoms with Gasteiger partial charge >= 0.3 is 0 Å². The molecule has 0 bridgehead atoms. The second kappa shape index (κ2) is 6.68. The number of aryl methyl sites for hydroxylation is 3. The van der Waals surface area contributed by atoms with Crippen LogP contribution in [0.2, 0.25) is 0 Å². The smallest absolute Gasteiger partial charge is 0.165 e. The number of aromatic hydroxyl groups is 4. The van der Waals surface area contributed by atoms with Crippen LogP contribution in [0.15, 0.2) is 36.4 Å². The predicted octanol–water partition coefficient (Wildman–Crippen LogP) is 4.58. The molecule has 0 fully saturated rings. The fraction of sp³-hybridized carbons (Fsp3) is 0.136. The lowest BCUT2D eigenvalue weighted by atomic mass is 9.86. The Morgan fingerprint density at radius 1 is 0.704 bits per heavy atom. The molecule has 3 aromatic carbocycles. The van der Waals surface area contributed by atoms with Crippen LogP contribution in [0.4, 0.5) is 0 Å². The molecule has 138 valence electrons. The third-order valence-electron chi connectivity index (χ3n) is 4.58. The van der Waals surface area contributed by atoms with Gasteiger partial charge in [0.2, 0.25) is 0 Å². The van der Waals surface area contributed by atoms with E-state index in [1.54, 1.807) is 45.0 Å². The van der Waals surface area contributed by atoms with Gasteiger partial charge in [0.15, 0.2) is 29.3 Å². The van der Waals surface area contributed by atoms with Crippen molar-refractivity contribution in [1.29, 1.82) is 0 Å². The van der Waals surface area contributed by atoms with Crippen molar-refractivity contribution in [3.05, 3.63) is 58.7 Å². The van der Waals surface area contributed by atoms with Crippen LogP contribution in [-0.2, 0) is 0 Å². The Morgan fingerprint density at radius 3 is 1.67 bits per heavy atom. The predicted molar refractivity (Wildman–Crippen MR) is 104 cm³/mol. The largest absolute Gasteiger partial charge is 0.504 e. The van der Waals surface area contributed by atoms with Gasteiger partial charge in [-0.15, -0.1) is 0 Å². The van der Waals surface area contributed by atoms with Crippen LogP contribution >= 0.6 is 0 Å². The first kappa shape index (κ1) is 18.3. The molecule has 0 amide bonds. The number of phenols is 4. The first-order chi connectivity index (χ1) is 12.7. The van der Waals surface area contributed by atoms with Crippen LogP contribution in [-0.4, -0.2) is 26.7 Å². The molecule has 0 radical (unpaired) electrons. The van der Waals surface area contributed by atoms with E-state index in [4.69, 9.17) is 0 Å². The lowest BCUT2D eigenvalue weighted by Gasteiger charge is -2.19. The summed E-state index contributed by atoms with van der Waals surface area (Å²) in [5, 5.41) is 41.0. The molecule has 0 heterocycles. The summed E-state index contributed by atoms with van der Waals surface area (Å²) in [6, 6.07) is 9.56. The molecule has 4 N–H and O–H groups in total. The molecule has 0 saturated carbocycles. The Bertz CT molecular complexity index is 1070. The Balaban J connectivity index is 2.51. The van der Waals surface area contributed by atoms with Gasteiger partial charge in [-0.1, -0.05) is 12.1 Å². The maximum absolute atomic E-state index is 11.7. The average molecular weight is 364 g/mol. The highest BCUT2D eigenvalue weighted by atomic mass is 16.3. The Kier molecular flexibility index (Phi) is 4.54. The van der Waals surface area contributed by atoms with E-state index in [0.717, 1.165) is 11.1 Å². The van der Waals surface area contributed by atoms with E-state index in [0.29, 0.717) is 28.5 Å². The Hall–Kier alpha value is -3.47. The van der Waals surface area contributed by atoms with Gasteiger partial charge in [-0.3, -0.25) is 4.79 Å². The van der Waals surface area contributed by atoms with Crippen LogP contribution in [0, 0.1) is 20.8 Å². The highest BCUT2D eigenvalue weighted by Gasteiger charge is 2.22. The summed E-state index contributed by atoms with van der Waals surface area (Å²) < 4.78 is 0. The highest BCUT2D eigenvalue weighted by molar-refractivity contribution is 6.00. The Labute approximate surface area is 156 Å².